The van der Waals surface area contributed by atoms with E-state index in [0.717, 1.165) is 68.0 Å². The lowest BCUT2D eigenvalue weighted by atomic mass is 9.81. The van der Waals surface area contributed by atoms with Crippen molar-refractivity contribution < 1.29 is 19.2 Å². The van der Waals surface area contributed by atoms with E-state index in [9.17, 15) is 19.2 Å². The molecule has 3 aromatic rings. The van der Waals surface area contributed by atoms with Crippen molar-refractivity contribution in [3.05, 3.63) is 130 Å². The maximum absolute atomic E-state index is 11.5. The maximum atomic E-state index is 11.5. The monoisotopic (exact) mass is 817 g/mol. The summed E-state index contributed by atoms with van der Waals surface area (Å²) in [6.07, 6.45) is 12.8. The van der Waals surface area contributed by atoms with Gasteiger partial charge in [0.15, 0.2) is 8.38 Å². The van der Waals surface area contributed by atoms with Gasteiger partial charge in [-0.15, -0.1) is 25.3 Å². The molecule has 3 aromatic carbocycles. The molecule has 0 spiro atoms. The summed E-state index contributed by atoms with van der Waals surface area (Å²) in [5, 5.41) is 5.98. The molecule has 0 saturated carbocycles. The highest BCUT2D eigenvalue weighted by Gasteiger charge is 2.35. The maximum Gasteiger partial charge on any atom is 0.200 e. The SMILES string of the molecule is C=C(NCCCC(P(O)O)[PH](=O)O)c1ccc(SC2=C(/C=C/C3=Nc4ccc(S)cc4C3(C)C)CCC/C2=C\C=C2\Nc3ccc(S)cc3C2(C)C)cc1. The molecule has 12 heteroatoms. The Labute approximate surface area is 336 Å². The molecule has 2 aliphatic heterocycles. The fraction of sp³-hybridized carbons (Fsp3) is 0.310. The first kappa shape index (κ1) is 40.9. The number of thioether (sulfide) groups is 1. The van der Waals surface area contributed by atoms with Crippen molar-refractivity contribution in [2.75, 3.05) is 11.9 Å². The van der Waals surface area contributed by atoms with Crippen LogP contribution in [-0.4, -0.2) is 32.3 Å². The number of rotatable bonds is 13. The number of aliphatic imine (C=N–C) groups is 1. The molecule has 284 valence electrons. The number of hydrogen-bond donors (Lipinski definition) is 7. The third kappa shape index (κ3) is 9.09. The van der Waals surface area contributed by atoms with Crippen molar-refractivity contribution in [1.29, 1.82) is 0 Å². The topological polar surface area (TPSA) is 114 Å². The van der Waals surface area contributed by atoms with Crippen LogP contribution in [0.4, 0.5) is 11.4 Å². The first-order valence-electron chi connectivity index (χ1n) is 18.1. The Bertz CT molecular complexity index is 2120. The summed E-state index contributed by atoms with van der Waals surface area (Å²) >= 11 is 11.0. The van der Waals surface area contributed by atoms with Crippen LogP contribution in [0.25, 0.3) is 5.70 Å². The third-order valence-corrected chi connectivity index (χ3v) is 15.3. The minimum Gasteiger partial charge on any atom is -0.385 e. The molecule has 0 aromatic heterocycles. The molecule has 54 heavy (non-hydrogen) atoms. The summed E-state index contributed by atoms with van der Waals surface area (Å²) < 4.78 is 11.5. The van der Waals surface area contributed by atoms with Crippen LogP contribution < -0.4 is 10.6 Å². The summed E-state index contributed by atoms with van der Waals surface area (Å²) in [7, 11) is -5.44. The van der Waals surface area contributed by atoms with Crippen molar-refractivity contribution in [2.45, 2.75) is 90.7 Å². The molecule has 2 atom stereocenters. The van der Waals surface area contributed by atoms with Gasteiger partial charge < -0.3 is 25.3 Å². The molecule has 5 N–H and O–H groups in total. The number of hydrogen-bond acceptors (Lipinski definition) is 9. The van der Waals surface area contributed by atoms with Crippen LogP contribution in [-0.2, 0) is 15.4 Å². The molecule has 0 bridgehead atoms. The number of allylic oxidation sites excluding steroid dienone is 7. The fourth-order valence-corrected chi connectivity index (χ4v) is 10.3. The van der Waals surface area contributed by atoms with Gasteiger partial charge in [0.1, 0.15) is 5.40 Å². The average Bonchev–Trinajstić information content (AvgIpc) is 3.53. The van der Waals surface area contributed by atoms with Gasteiger partial charge in [0.25, 0.3) is 0 Å². The van der Waals surface area contributed by atoms with Crippen LogP contribution in [0.2, 0.25) is 0 Å². The Morgan fingerprint density at radius 1 is 1.00 bits per heavy atom. The van der Waals surface area contributed by atoms with E-state index < -0.39 is 21.8 Å². The smallest absolute Gasteiger partial charge is 0.200 e. The number of nitrogens with one attached hydrogen (secondary N) is 2. The summed E-state index contributed by atoms with van der Waals surface area (Å²) in [4.78, 5) is 37.6. The molecule has 3 aliphatic rings. The molecule has 6 rings (SSSR count). The standard InChI is InChI=1S/C42H49N3O4P2S3/c1-26(43-23-7-10-39(50(46)47)51(48)49)27-11-17-32(18-12-27)54-40-28(13-21-37-41(2,3)33-24-30(52)15-19-35(33)44-37)8-6-9-29(40)14-22-38-42(4,5)34-25-31(53)16-20-36(34)45-38/h11-22,24-25,39,43-44,46-47,51-53H,1,6-10,23H2,2-5H3,(H,48,49)/b22-14+,28-13+,37-21+. The summed E-state index contributed by atoms with van der Waals surface area (Å²) in [6, 6.07) is 20.8. The minimum atomic E-state index is -3.00. The lowest BCUT2D eigenvalue weighted by Gasteiger charge is -2.24. The van der Waals surface area contributed by atoms with Gasteiger partial charge in [-0.1, -0.05) is 70.3 Å². The zero-order valence-corrected chi connectivity index (χ0v) is 35.6. The van der Waals surface area contributed by atoms with Gasteiger partial charge in [-0.3, -0.25) is 9.56 Å². The molecular weight excluding hydrogens is 769 g/mol. The van der Waals surface area contributed by atoms with Gasteiger partial charge in [0.2, 0.25) is 8.03 Å². The van der Waals surface area contributed by atoms with Crippen LogP contribution in [0, 0.1) is 0 Å². The van der Waals surface area contributed by atoms with Crippen LogP contribution >= 0.6 is 53.4 Å². The number of thiol groups is 2. The fourth-order valence-electron chi connectivity index (χ4n) is 7.16. The van der Waals surface area contributed by atoms with Crippen LogP contribution in [0.5, 0.6) is 0 Å². The Morgan fingerprint density at radius 3 is 2.41 bits per heavy atom. The van der Waals surface area contributed by atoms with Crippen LogP contribution in [0.15, 0.2) is 133 Å². The number of benzene rings is 3. The summed E-state index contributed by atoms with van der Waals surface area (Å²) in [5.41, 5.74) is 10.6. The zero-order chi connectivity index (χ0) is 38.8. The van der Waals surface area contributed by atoms with Crippen molar-refractivity contribution in [3.8, 4) is 0 Å². The molecule has 0 saturated heterocycles. The van der Waals surface area contributed by atoms with Gasteiger partial charge in [-0.05, 0) is 121 Å². The Morgan fingerprint density at radius 2 is 1.70 bits per heavy atom. The predicted molar refractivity (Wildman–Crippen MR) is 235 cm³/mol. The second kappa shape index (κ2) is 17.2. The highest BCUT2D eigenvalue weighted by molar-refractivity contribution is 8.03. The largest absolute Gasteiger partial charge is 0.385 e. The van der Waals surface area contributed by atoms with E-state index in [-0.39, 0.29) is 17.3 Å². The number of fused-ring (bicyclic) bond motifs is 2. The molecule has 2 unspecified atom stereocenters. The van der Waals surface area contributed by atoms with Crippen molar-refractivity contribution >= 4 is 76.2 Å². The third-order valence-electron chi connectivity index (χ3n) is 10.5. The average molecular weight is 818 g/mol. The zero-order valence-electron chi connectivity index (χ0n) is 31.1. The quantitative estimate of drug-likeness (QED) is 0.0522. The van der Waals surface area contributed by atoms with E-state index in [1.165, 1.54) is 27.2 Å². The molecular formula is C42H49N3O4P2S3. The lowest BCUT2D eigenvalue weighted by Crippen LogP contribution is -2.23. The molecule has 1 aliphatic carbocycles. The van der Waals surface area contributed by atoms with E-state index in [2.05, 4.69) is 143 Å². The first-order chi connectivity index (χ1) is 25.6. The van der Waals surface area contributed by atoms with Crippen LogP contribution in [0.3, 0.4) is 0 Å². The van der Waals surface area contributed by atoms with Crippen molar-refractivity contribution in [1.82, 2.24) is 5.32 Å². The van der Waals surface area contributed by atoms with Gasteiger partial charge >= 0.3 is 0 Å². The van der Waals surface area contributed by atoms with E-state index in [0.29, 0.717) is 13.0 Å². The van der Waals surface area contributed by atoms with Crippen LogP contribution in [0.1, 0.15) is 76.5 Å². The first-order valence-corrected chi connectivity index (χ1v) is 22.6. The van der Waals surface area contributed by atoms with Gasteiger partial charge in [0, 0.05) is 54.0 Å². The normalized spacial score (nSPS) is 19.9. The lowest BCUT2D eigenvalue weighted by molar-refractivity contribution is 0.455. The molecule has 7 nitrogen and oxygen atoms in total. The molecule has 0 fully saturated rings. The second-order valence-corrected chi connectivity index (χ2v) is 20.2. The van der Waals surface area contributed by atoms with Crippen molar-refractivity contribution in [2.24, 2.45) is 4.99 Å². The van der Waals surface area contributed by atoms with Gasteiger partial charge in [0.05, 0.1) is 11.4 Å². The van der Waals surface area contributed by atoms with E-state index in [1.54, 1.807) is 11.8 Å². The van der Waals surface area contributed by atoms with Gasteiger partial charge in [-0.25, -0.2) is 0 Å². The van der Waals surface area contributed by atoms with E-state index in [4.69, 9.17) is 4.99 Å². The predicted octanol–water partition coefficient (Wildman–Crippen LogP) is 11.1. The second-order valence-electron chi connectivity index (χ2n) is 15.0. The highest BCUT2D eigenvalue weighted by atomic mass is 32.2. The van der Waals surface area contributed by atoms with E-state index in [1.807, 2.05) is 12.1 Å². The Balaban J connectivity index is 1.26. The minimum absolute atomic E-state index is 0.179. The number of anilines is 1. The molecule has 0 amide bonds. The summed E-state index contributed by atoms with van der Waals surface area (Å²) in [6.45, 7) is 13.6. The Kier molecular flexibility index (Phi) is 13.0. The summed E-state index contributed by atoms with van der Waals surface area (Å²) in [5.74, 6) is 0. The Hall–Kier alpha value is -2.78. The van der Waals surface area contributed by atoms with E-state index >= 15 is 0 Å². The molecule has 0 radical (unpaired) electrons. The number of nitrogens with zero attached hydrogens (tertiary/aromatic N) is 1. The molecule has 2 heterocycles. The van der Waals surface area contributed by atoms with Crippen molar-refractivity contribution in [3.63, 3.8) is 0 Å². The van der Waals surface area contributed by atoms with Gasteiger partial charge in [-0.2, -0.15) is 0 Å². The highest BCUT2D eigenvalue weighted by Crippen LogP contribution is 2.48.